The third-order valence-corrected chi connectivity index (χ3v) is 8.28. The highest BCUT2D eigenvalue weighted by Gasteiger charge is 2.32. The van der Waals surface area contributed by atoms with Gasteiger partial charge in [-0.2, -0.15) is 0 Å². The molecule has 1 saturated heterocycles. The third-order valence-electron chi connectivity index (χ3n) is 6.41. The molecule has 0 N–H and O–H groups in total. The number of benzene rings is 1. The topological polar surface area (TPSA) is 43.9 Å². The minimum Gasteiger partial charge on any atom is -0.339 e. The number of hydrogen-bond donors (Lipinski definition) is 0. The van der Waals surface area contributed by atoms with Gasteiger partial charge in [-0.1, -0.05) is 36.4 Å². The van der Waals surface area contributed by atoms with Crippen molar-refractivity contribution in [1.82, 2.24) is 14.7 Å². The van der Waals surface area contributed by atoms with Crippen molar-refractivity contribution in [3.05, 3.63) is 80.2 Å². The Balaban J connectivity index is 1.22. The Bertz CT molecular complexity index is 1060. The molecule has 1 unspecified atom stereocenters. The lowest BCUT2D eigenvalue weighted by atomic mass is 9.93. The lowest BCUT2D eigenvalue weighted by Gasteiger charge is -2.39. The van der Waals surface area contributed by atoms with Crippen LogP contribution in [0.2, 0.25) is 0 Å². The zero-order chi connectivity index (χ0) is 21.9. The number of nitrogens with zero attached hydrogens (tertiary/aromatic N) is 3. The SMILES string of the molecule is O=C(Cc1cccs1)N1CCN(C(=O)CN2CCc3sccc3C2c2ccccc2)CC1. The predicted octanol–water partition coefficient (Wildman–Crippen LogP) is 3.67. The van der Waals surface area contributed by atoms with Crippen LogP contribution >= 0.6 is 22.7 Å². The first-order valence-electron chi connectivity index (χ1n) is 11.1. The predicted molar refractivity (Wildman–Crippen MR) is 129 cm³/mol. The Hall–Kier alpha value is -2.48. The number of rotatable bonds is 5. The first-order chi connectivity index (χ1) is 15.7. The van der Waals surface area contributed by atoms with Gasteiger partial charge in [0.25, 0.3) is 0 Å². The van der Waals surface area contributed by atoms with Crippen LogP contribution in [-0.4, -0.2) is 65.8 Å². The summed E-state index contributed by atoms with van der Waals surface area (Å²) in [5, 5.41) is 4.17. The van der Waals surface area contributed by atoms with Crippen LogP contribution in [0.25, 0.3) is 0 Å². The molecule has 166 valence electrons. The van der Waals surface area contributed by atoms with Crippen LogP contribution in [-0.2, 0) is 22.4 Å². The molecule has 2 aliphatic rings. The number of fused-ring (bicyclic) bond motifs is 1. The summed E-state index contributed by atoms with van der Waals surface area (Å²) in [6.07, 6.45) is 1.45. The van der Waals surface area contributed by atoms with Crippen molar-refractivity contribution < 1.29 is 9.59 Å². The van der Waals surface area contributed by atoms with Gasteiger partial charge in [0.1, 0.15) is 0 Å². The smallest absolute Gasteiger partial charge is 0.236 e. The summed E-state index contributed by atoms with van der Waals surface area (Å²) >= 11 is 3.44. The average molecular weight is 466 g/mol. The van der Waals surface area contributed by atoms with E-state index in [1.165, 1.54) is 16.0 Å². The summed E-state index contributed by atoms with van der Waals surface area (Å²) in [5.74, 6) is 0.319. The molecule has 7 heteroatoms. The highest BCUT2D eigenvalue weighted by Crippen LogP contribution is 2.37. The summed E-state index contributed by atoms with van der Waals surface area (Å²) in [6.45, 7) is 3.76. The van der Waals surface area contributed by atoms with Crippen molar-refractivity contribution in [2.75, 3.05) is 39.3 Å². The molecular weight excluding hydrogens is 438 g/mol. The van der Waals surface area contributed by atoms with Crippen LogP contribution in [0.4, 0.5) is 0 Å². The second-order valence-corrected chi connectivity index (χ2v) is 10.4. The Labute approximate surface area is 196 Å². The second kappa shape index (κ2) is 9.57. The molecule has 0 saturated carbocycles. The van der Waals surface area contributed by atoms with E-state index in [2.05, 4.69) is 40.6 Å². The summed E-state index contributed by atoms with van der Waals surface area (Å²) in [6, 6.07) is 16.8. The number of amides is 2. The van der Waals surface area contributed by atoms with Crippen LogP contribution in [0.5, 0.6) is 0 Å². The van der Waals surface area contributed by atoms with Crippen LogP contribution in [0.1, 0.15) is 26.9 Å². The van der Waals surface area contributed by atoms with Gasteiger partial charge in [-0.3, -0.25) is 14.5 Å². The zero-order valence-electron chi connectivity index (χ0n) is 18.0. The van der Waals surface area contributed by atoms with Gasteiger partial charge >= 0.3 is 0 Å². The minimum absolute atomic E-state index is 0.129. The molecule has 0 radical (unpaired) electrons. The van der Waals surface area contributed by atoms with Crippen molar-refractivity contribution in [2.45, 2.75) is 18.9 Å². The molecule has 5 rings (SSSR count). The molecule has 2 aliphatic heterocycles. The number of piperazine rings is 1. The number of carbonyl (C=O) groups excluding carboxylic acids is 2. The van der Waals surface area contributed by atoms with E-state index in [1.807, 2.05) is 44.7 Å². The Kier molecular flexibility index (Phi) is 6.39. The molecule has 4 heterocycles. The fraction of sp³-hybridized carbons (Fsp3) is 0.360. The van der Waals surface area contributed by atoms with Crippen LogP contribution in [0.3, 0.4) is 0 Å². The standard InChI is InChI=1S/C25H27N3O2S2/c29-23(17-20-7-4-15-31-20)26-11-13-27(14-12-26)24(30)18-28-10-8-22-21(9-16-32-22)25(28)19-5-2-1-3-6-19/h1-7,9,15-16,25H,8,10-14,17-18H2. The van der Waals surface area contributed by atoms with Gasteiger partial charge in [-0.15, -0.1) is 22.7 Å². The van der Waals surface area contributed by atoms with E-state index in [4.69, 9.17) is 0 Å². The molecule has 32 heavy (non-hydrogen) atoms. The van der Waals surface area contributed by atoms with Gasteiger partial charge in [0.05, 0.1) is 19.0 Å². The van der Waals surface area contributed by atoms with E-state index in [-0.39, 0.29) is 17.9 Å². The monoisotopic (exact) mass is 465 g/mol. The van der Waals surface area contributed by atoms with Gasteiger partial charge in [-0.05, 0) is 40.4 Å². The maximum absolute atomic E-state index is 13.2. The van der Waals surface area contributed by atoms with E-state index in [0.29, 0.717) is 39.1 Å². The molecule has 1 atom stereocenters. The van der Waals surface area contributed by atoms with E-state index in [1.54, 1.807) is 11.3 Å². The van der Waals surface area contributed by atoms with Gasteiger partial charge in [0.2, 0.25) is 11.8 Å². The van der Waals surface area contributed by atoms with Crippen molar-refractivity contribution >= 4 is 34.5 Å². The van der Waals surface area contributed by atoms with Gasteiger partial charge < -0.3 is 9.80 Å². The van der Waals surface area contributed by atoms with Gasteiger partial charge in [0, 0.05) is 42.5 Å². The van der Waals surface area contributed by atoms with Crippen molar-refractivity contribution in [3.8, 4) is 0 Å². The summed E-state index contributed by atoms with van der Waals surface area (Å²) < 4.78 is 0. The first kappa shape index (κ1) is 21.4. The molecule has 0 aliphatic carbocycles. The maximum atomic E-state index is 13.2. The Morgan fingerprint density at radius 3 is 2.28 bits per heavy atom. The fourth-order valence-corrected chi connectivity index (χ4v) is 6.32. The molecule has 1 aromatic carbocycles. The summed E-state index contributed by atoms with van der Waals surface area (Å²) in [4.78, 5) is 34.5. The zero-order valence-corrected chi connectivity index (χ0v) is 19.6. The number of thiophene rings is 2. The first-order valence-corrected chi connectivity index (χ1v) is 12.9. The number of carbonyl (C=O) groups is 2. The largest absolute Gasteiger partial charge is 0.339 e. The quantitative estimate of drug-likeness (QED) is 0.578. The maximum Gasteiger partial charge on any atom is 0.236 e. The molecule has 2 amide bonds. The molecule has 1 fully saturated rings. The lowest BCUT2D eigenvalue weighted by Crippen LogP contribution is -2.53. The minimum atomic E-state index is 0.129. The molecule has 3 aromatic rings. The Morgan fingerprint density at radius 1 is 0.812 bits per heavy atom. The van der Waals surface area contributed by atoms with Gasteiger partial charge in [0.15, 0.2) is 0 Å². The van der Waals surface area contributed by atoms with Crippen molar-refractivity contribution in [2.24, 2.45) is 0 Å². The molecule has 0 bridgehead atoms. The number of hydrogen-bond acceptors (Lipinski definition) is 5. The Morgan fingerprint density at radius 2 is 1.56 bits per heavy atom. The summed E-state index contributed by atoms with van der Waals surface area (Å²) in [5.41, 5.74) is 2.58. The van der Waals surface area contributed by atoms with Crippen LogP contribution in [0.15, 0.2) is 59.3 Å². The summed E-state index contributed by atoms with van der Waals surface area (Å²) in [7, 11) is 0. The normalized spacial score (nSPS) is 19.1. The van der Waals surface area contributed by atoms with Crippen LogP contribution < -0.4 is 0 Å². The van der Waals surface area contributed by atoms with E-state index in [0.717, 1.165) is 17.8 Å². The fourth-order valence-electron chi connectivity index (χ4n) is 4.72. The van der Waals surface area contributed by atoms with E-state index in [9.17, 15) is 9.59 Å². The highest BCUT2D eigenvalue weighted by atomic mass is 32.1. The molecule has 2 aromatic heterocycles. The van der Waals surface area contributed by atoms with Crippen molar-refractivity contribution in [1.29, 1.82) is 0 Å². The third kappa shape index (κ3) is 4.51. The second-order valence-electron chi connectivity index (χ2n) is 8.35. The molecule has 5 nitrogen and oxygen atoms in total. The van der Waals surface area contributed by atoms with Crippen molar-refractivity contribution in [3.63, 3.8) is 0 Å². The van der Waals surface area contributed by atoms with Crippen LogP contribution in [0, 0.1) is 0 Å². The van der Waals surface area contributed by atoms with E-state index < -0.39 is 0 Å². The lowest BCUT2D eigenvalue weighted by molar-refractivity contribution is -0.140. The molecular formula is C25H27N3O2S2. The highest BCUT2D eigenvalue weighted by molar-refractivity contribution is 7.10. The van der Waals surface area contributed by atoms with E-state index >= 15 is 0 Å². The molecule has 0 spiro atoms. The van der Waals surface area contributed by atoms with Gasteiger partial charge in [-0.25, -0.2) is 0 Å². The average Bonchev–Trinajstić information content (AvgIpc) is 3.51.